The molecule has 0 N–H and O–H groups in total. The van der Waals surface area contributed by atoms with Gasteiger partial charge in [0.15, 0.2) is 0 Å². The number of nitrogens with zero attached hydrogens (tertiary/aromatic N) is 4. The molecule has 142 valence electrons. The fourth-order valence-corrected chi connectivity index (χ4v) is 4.73. The van der Waals surface area contributed by atoms with Gasteiger partial charge in [0.1, 0.15) is 5.69 Å². The summed E-state index contributed by atoms with van der Waals surface area (Å²) in [5, 5.41) is 4.67. The number of hydrogen-bond donors (Lipinski definition) is 0. The maximum atomic E-state index is 5.13. The first-order valence-corrected chi connectivity index (χ1v) is 10.4. The first-order chi connectivity index (χ1) is 13.3. The Hall–Kier alpha value is -2.02. The highest BCUT2D eigenvalue weighted by molar-refractivity contribution is 7.15. The van der Waals surface area contributed by atoms with Gasteiger partial charge in [-0.25, -0.2) is 0 Å². The lowest BCUT2D eigenvalue weighted by Crippen LogP contribution is -2.32. The molecule has 1 aliphatic heterocycles. The second kappa shape index (κ2) is 8.78. The summed E-state index contributed by atoms with van der Waals surface area (Å²) in [7, 11) is 1.72. The van der Waals surface area contributed by atoms with Gasteiger partial charge in [-0.05, 0) is 49.2 Å². The average Bonchev–Trinajstić information content (AvgIpc) is 3.37. The van der Waals surface area contributed by atoms with E-state index in [0.29, 0.717) is 12.6 Å². The second-order valence-corrected chi connectivity index (χ2v) is 8.16. The average molecular weight is 383 g/mol. The van der Waals surface area contributed by atoms with Crippen LogP contribution in [0.1, 0.15) is 35.7 Å². The zero-order chi connectivity index (χ0) is 18.5. The van der Waals surface area contributed by atoms with Gasteiger partial charge in [-0.2, -0.15) is 5.10 Å². The number of hydrogen-bond acceptors (Lipinski definition) is 5. The van der Waals surface area contributed by atoms with Crippen molar-refractivity contribution in [2.75, 3.05) is 20.3 Å². The molecule has 3 aromatic heterocycles. The van der Waals surface area contributed by atoms with Gasteiger partial charge in [0.25, 0.3) is 0 Å². The molecule has 0 radical (unpaired) electrons. The highest BCUT2D eigenvalue weighted by atomic mass is 32.1. The van der Waals surface area contributed by atoms with Gasteiger partial charge in [-0.1, -0.05) is 12.5 Å². The van der Waals surface area contributed by atoms with Crippen LogP contribution in [-0.4, -0.2) is 39.9 Å². The fourth-order valence-electron chi connectivity index (χ4n) is 3.73. The van der Waals surface area contributed by atoms with Gasteiger partial charge in [-0.3, -0.25) is 14.6 Å². The van der Waals surface area contributed by atoms with Crippen molar-refractivity contribution < 1.29 is 4.74 Å². The van der Waals surface area contributed by atoms with E-state index in [2.05, 4.69) is 39.2 Å². The standard InChI is InChI=1S/C21H26N4OS/c1-26-14-13-25-12-9-19(23-25)21-8-7-18(27-21)16-24-11-3-2-6-20(24)17-5-4-10-22-15-17/h4-5,7-10,12,15,20H,2-3,6,11,13-14,16H2,1H3/t20-/m1/s1. The predicted molar refractivity (Wildman–Crippen MR) is 109 cm³/mol. The third-order valence-electron chi connectivity index (χ3n) is 5.12. The van der Waals surface area contributed by atoms with E-state index in [1.165, 1.54) is 34.6 Å². The molecule has 4 heterocycles. The lowest BCUT2D eigenvalue weighted by molar-refractivity contribution is 0.141. The Morgan fingerprint density at radius 1 is 1.22 bits per heavy atom. The summed E-state index contributed by atoms with van der Waals surface area (Å²) < 4.78 is 7.07. The molecule has 27 heavy (non-hydrogen) atoms. The van der Waals surface area contributed by atoms with Crippen LogP contribution in [0.3, 0.4) is 0 Å². The zero-order valence-electron chi connectivity index (χ0n) is 15.8. The maximum Gasteiger partial charge on any atom is 0.102 e. The van der Waals surface area contributed by atoms with Crippen LogP contribution in [-0.2, 0) is 17.8 Å². The molecule has 1 atom stereocenters. The molecule has 4 rings (SSSR count). The first-order valence-electron chi connectivity index (χ1n) is 9.59. The largest absolute Gasteiger partial charge is 0.383 e. The van der Waals surface area contributed by atoms with Crippen LogP contribution in [0.15, 0.2) is 48.9 Å². The molecule has 0 aromatic carbocycles. The summed E-state index contributed by atoms with van der Waals surface area (Å²) in [4.78, 5) is 9.56. The minimum atomic E-state index is 0.478. The quantitative estimate of drug-likeness (QED) is 0.608. The molecular formula is C21H26N4OS. The van der Waals surface area contributed by atoms with E-state index in [1.807, 2.05) is 40.7 Å². The third-order valence-corrected chi connectivity index (χ3v) is 6.21. The molecule has 0 bridgehead atoms. The van der Waals surface area contributed by atoms with Crippen LogP contribution in [0.25, 0.3) is 10.6 Å². The van der Waals surface area contributed by atoms with Crippen LogP contribution in [0.5, 0.6) is 0 Å². The third kappa shape index (κ3) is 4.46. The van der Waals surface area contributed by atoms with E-state index in [-0.39, 0.29) is 0 Å². The van der Waals surface area contributed by atoms with E-state index >= 15 is 0 Å². The second-order valence-electron chi connectivity index (χ2n) is 6.99. The Morgan fingerprint density at radius 2 is 2.19 bits per heavy atom. The fraction of sp³-hybridized carbons (Fsp3) is 0.429. The molecule has 5 nitrogen and oxygen atoms in total. The normalized spacial score (nSPS) is 18.0. The molecule has 0 aliphatic carbocycles. The highest BCUT2D eigenvalue weighted by Gasteiger charge is 2.24. The lowest BCUT2D eigenvalue weighted by Gasteiger charge is -2.35. The Kier molecular flexibility index (Phi) is 5.97. The maximum absolute atomic E-state index is 5.13. The smallest absolute Gasteiger partial charge is 0.102 e. The lowest BCUT2D eigenvalue weighted by atomic mass is 9.96. The predicted octanol–water partition coefficient (Wildman–Crippen LogP) is 4.38. The molecule has 0 unspecified atom stereocenters. The summed E-state index contributed by atoms with van der Waals surface area (Å²) in [5.41, 5.74) is 2.38. The number of methoxy groups -OCH3 is 1. The number of piperidine rings is 1. The van der Waals surface area contributed by atoms with Gasteiger partial charge < -0.3 is 4.74 Å². The Balaban J connectivity index is 1.45. The Morgan fingerprint density at radius 3 is 3.04 bits per heavy atom. The van der Waals surface area contributed by atoms with Crippen molar-refractivity contribution in [3.63, 3.8) is 0 Å². The van der Waals surface area contributed by atoms with Crippen molar-refractivity contribution >= 4 is 11.3 Å². The zero-order valence-corrected chi connectivity index (χ0v) is 16.6. The minimum absolute atomic E-state index is 0.478. The highest BCUT2D eigenvalue weighted by Crippen LogP contribution is 2.34. The van der Waals surface area contributed by atoms with Crippen molar-refractivity contribution in [3.8, 4) is 10.6 Å². The molecule has 0 amide bonds. The minimum Gasteiger partial charge on any atom is -0.383 e. The summed E-state index contributed by atoms with van der Waals surface area (Å²) >= 11 is 1.85. The van der Waals surface area contributed by atoms with E-state index < -0.39 is 0 Å². The van der Waals surface area contributed by atoms with Gasteiger partial charge in [0, 0.05) is 43.2 Å². The number of ether oxygens (including phenoxy) is 1. The number of thiophene rings is 1. The molecular weight excluding hydrogens is 356 g/mol. The monoisotopic (exact) mass is 382 g/mol. The van der Waals surface area contributed by atoms with Gasteiger partial charge in [0.2, 0.25) is 0 Å². The molecule has 1 fully saturated rings. The van der Waals surface area contributed by atoms with Gasteiger partial charge in [-0.15, -0.1) is 11.3 Å². The van der Waals surface area contributed by atoms with Gasteiger partial charge in [0.05, 0.1) is 18.0 Å². The molecule has 0 spiro atoms. The van der Waals surface area contributed by atoms with E-state index in [0.717, 1.165) is 25.3 Å². The van der Waals surface area contributed by atoms with Crippen molar-refractivity contribution in [1.29, 1.82) is 0 Å². The Labute approximate surface area is 164 Å². The van der Waals surface area contributed by atoms with Crippen molar-refractivity contribution in [2.45, 2.75) is 38.4 Å². The number of rotatable bonds is 7. The summed E-state index contributed by atoms with van der Waals surface area (Å²) in [6.07, 6.45) is 9.69. The van der Waals surface area contributed by atoms with Gasteiger partial charge >= 0.3 is 0 Å². The summed E-state index contributed by atoms with van der Waals surface area (Å²) in [6.45, 7) is 3.61. The molecule has 6 heteroatoms. The van der Waals surface area contributed by atoms with E-state index in [1.54, 1.807) is 7.11 Å². The SMILES string of the molecule is COCCn1ccc(-c2ccc(CN3CCCC[C@@H]3c3cccnc3)s2)n1. The number of likely N-dealkylation sites (tertiary alicyclic amines) is 1. The molecule has 0 saturated carbocycles. The summed E-state index contributed by atoms with van der Waals surface area (Å²) in [5.74, 6) is 0. The first kappa shape index (κ1) is 18.3. The van der Waals surface area contributed by atoms with E-state index in [4.69, 9.17) is 4.74 Å². The van der Waals surface area contributed by atoms with Crippen LogP contribution in [0, 0.1) is 0 Å². The van der Waals surface area contributed by atoms with Crippen LogP contribution >= 0.6 is 11.3 Å². The summed E-state index contributed by atoms with van der Waals surface area (Å²) in [6, 6.07) is 11.3. The molecule has 1 aliphatic rings. The van der Waals surface area contributed by atoms with Crippen molar-refractivity contribution in [2.24, 2.45) is 0 Å². The molecule has 3 aromatic rings. The van der Waals surface area contributed by atoms with Crippen molar-refractivity contribution in [3.05, 3.63) is 59.4 Å². The number of aromatic nitrogens is 3. The van der Waals surface area contributed by atoms with E-state index in [9.17, 15) is 0 Å². The van der Waals surface area contributed by atoms with Crippen LogP contribution < -0.4 is 0 Å². The van der Waals surface area contributed by atoms with Crippen LogP contribution in [0.4, 0.5) is 0 Å². The van der Waals surface area contributed by atoms with Crippen LogP contribution in [0.2, 0.25) is 0 Å². The topological polar surface area (TPSA) is 43.2 Å². The Bertz CT molecular complexity index is 845. The number of pyridine rings is 1. The van der Waals surface area contributed by atoms with Crippen molar-refractivity contribution in [1.82, 2.24) is 19.7 Å². The molecule has 1 saturated heterocycles.